The first-order valence-corrected chi connectivity index (χ1v) is 15.9. The van der Waals surface area contributed by atoms with Crippen LogP contribution in [0.15, 0.2) is 170 Å². The number of rotatable bonds is 3. The Kier molecular flexibility index (Phi) is 5.27. The number of hydrogen-bond donors (Lipinski definition) is 0. The lowest BCUT2D eigenvalue weighted by Crippen LogP contribution is -2.28. The maximum Gasteiger partial charge on any atom is 0.136 e. The molecular weight excluding hydrogens is 556 g/mol. The molecule has 1 heteroatoms. The molecule has 0 bridgehead atoms. The second kappa shape index (κ2) is 9.54. The molecule has 2 aliphatic rings. The first-order chi connectivity index (χ1) is 22.8. The fourth-order valence-electron chi connectivity index (χ4n) is 8.21. The van der Waals surface area contributed by atoms with Crippen LogP contribution in [-0.4, -0.2) is 0 Å². The van der Waals surface area contributed by atoms with Crippen molar-refractivity contribution in [2.24, 2.45) is 0 Å². The Morgan fingerprint density at radius 1 is 0.391 bits per heavy atom. The van der Waals surface area contributed by atoms with Crippen molar-refractivity contribution in [1.29, 1.82) is 0 Å². The summed E-state index contributed by atoms with van der Waals surface area (Å²) < 4.78 is 6.56. The summed E-state index contributed by atoms with van der Waals surface area (Å²) in [7, 11) is 0. The Morgan fingerprint density at radius 3 is 2.04 bits per heavy atom. The fraction of sp³-hybridized carbons (Fsp3) is 0.0222. The Bertz CT molecular complexity index is 2510. The average molecular weight is 585 g/mol. The van der Waals surface area contributed by atoms with E-state index in [0.29, 0.717) is 0 Å². The quantitative estimate of drug-likeness (QED) is 0.201. The molecule has 1 atom stereocenters. The maximum absolute atomic E-state index is 6.56. The zero-order chi connectivity index (χ0) is 30.2. The molecule has 1 heterocycles. The van der Waals surface area contributed by atoms with Gasteiger partial charge in [0.1, 0.15) is 11.5 Å². The highest BCUT2D eigenvalue weighted by atomic mass is 16.5. The van der Waals surface area contributed by atoms with Gasteiger partial charge in [0.25, 0.3) is 0 Å². The van der Waals surface area contributed by atoms with Gasteiger partial charge < -0.3 is 4.74 Å². The van der Waals surface area contributed by atoms with E-state index in [9.17, 15) is 0 Å². The Balaban J connectivity index is 1.24. The normalized spacial score (nSPS) is 15.7. The standard InChI is InChI=1S/C45H28O/c1-2-15-33(16-3-1)45(39-22-8-6-20-38(39)44-35-18-5-4-12-29(35)24-25-40(44)45)34-17-10-13-30(27-34)32-26-31-14-11-21-37-36-19-7-9-23-41(36)46-42(28-32)43(31)37/h1-28H. The third-order valence-electron chi connectivity index (χ3n) is 10.1. The van der Waals surface area contributed by atoms with Gasteiger partial charge in [-0.15, -0.1) is 0 Å². The highest BCUT2D eigenvalue weighted by Gasteiger charge is 2.46. The van der Waals surface area contributed by atoms with Crippen molar-refractivity contribution in [3.63, 3.8) is 0 Å². The van der Waals surface area contributed by atoms with E-state index in [4.69, 9.17) is 4.74 Å². The molecular formula is C45H28O. The van der Waals surface area contributed by atoms with Crippen LogP contribution in [0.4, 0.5) is 0 Å². The molecule has 0 radical (unpaired) electrons. The number of benzene rings is 8. The largest absolute Gasteiger partial charge is 0.456 e. The van der Waals surface area contributed by atoms with Crippen LogP contribution in [-0.2, 0) is 5.41 Å². The van der Waals surface area contributed by atoms with E-state index in [1.807, 2.05) is 6.07 Å². The molecule has 1 aliphatic heterocycles. The molecule has 0 fully saturated rings. The molecule has 8 aromatic carbocycles. The lowest BCUT2D eigenvalue weighted by atomic mass is 9.67. The predicted octanol–water partition coefficient (Wildman–Crippen LogP) is 11.8. The molecule has 0 saturated carbocycles. The van der Waals surface area contributed by atoms with Gasteiger partial charge in [-0.25, -0.2) is 0 Å². The zero-order valence-corrected chi connectivity index (χ0v) is 25.1. The molecule has 0 amide bonds. The summed E-state index contributed by atoms with van der Waals surface area (Å²) in [5, 5.41) is 4.92. The van der Waals surface area contributed by atoms with Gasteiger partial charge in [0.2, 0.25) is 0 Å². The average Bonchev–Trinajstić information content (AvgIpc) is 3.44. The first kappa shape index (κ1) is 25.4. The van der Waals surface area contributed by atoms with E-state index >= 15 is 0 Å². The molecule has 214 valence electrons. The van der Waals surface area contributed by atoms with Gasteiger partial charge in [-0.1, -0.05) is 146 Å². The number of ether oxygens (including phenoxy) is 1. The molecule has 0 N–H and O–H groups in total. The molecule has 1 unspecified atom stereocenters. The monoisotopic (exact) mass is 584 g/mol. The number of hydrogen-bond acceptors (Lipinski definition) is 1. The highest BCUT2D eigenvalue weighted by molar-refractivity contribution is 6.06. The van der Waals surface area contributed by atoms with Crippen molar-refractivity contribution in [2.75, 3.05) is 0 Å². The molecule has 46 heavy (non-hydrogen) atoms. The van der Waals surface area contributed by atoms with Crippen LogP contribution in [0, 0.1) is 0 Å². The van der Waals surface area contributed by atoms with E-state index in [1.165, 1.54) is 66.1 Å². The third-order valence-corrected chi connectivity index (χ3v) is 10.1. The molecule has 1 nitrogen and oxygen atoms in total. The summed E-state index contributed by atoms with van der Waals surface area (Å²) in [4.78, 5) is 0. The minimum Gasteiger partial charge on any atom is -0.456 e. The van der Waals surface area contributed by atoms with Crippen LogP contribution < -0.4 is 4.74 Å². The van der Waals surface area contributed by atoms with Crippen LogP contribution in [0.3, 0.4) is 0 Å². The van der Waals surface area contributed by atoms with Gasteiger partial charge in [-0.2, -0.15) is 0 Å². The molecule has 10 rings (SSSR count). The fourth-order valence-corrected chi connectivity index (χ4v) is 8.21. The summed E-state index contributed by atoms with van der Waals surface area (Å²) in [5.74, 6) is 1.82. The van der Waals surface area contributed by atoms with Crippen LogP contribution in [0.25, 0.3) is 54.9 Å². The summed E-state index contributed by atoms with van der Waals surface area (Å²) in [6.45, 7) is 0. The van der Waals surface area contributed by atoms with E-state index in [2.05, 4.69) is 164 Å². The van der Waals surface area contributed by atoms with Gasteiger partial charge in [-0.05, 0) is 90.5 Å². The van der Waals surface area contributed by atoms with Crippen molar-refractivity contribution in [1.82, 2.24) is 0 Å². The van der Waals surface area contributed by atoms with Crippen molar-refractivity contribution < 1.29 is 4.74 Å². The van der Waals surface area contributed by atoms with Gasteiger partial charge in [0, 0.05) is 10.9 Å². The van der Waals surface area contributed by atoms with Gasteiger partial charge >= 0.3 is 0 Å². The summed E-state index contributed by atoms with van der Waals surface area (Å²) >= 11 is 0. The smallest absolute Gasteiger partial charge is 0.136 e. The van der Waals surface area contributed by atoms with Crippen molar-refractivity contribution in [2.45, 2.75) is 5.41 Å². The summed E-state index contributed by atoms with van der Waals surface area (Å²) in [6, 6.07) is 62.1. The SMILES string of the molecule is c1ccc(C2(c3cccc(-c4cc5c6c(cccc6c4)-c4ccccc4O5)c3)c3ccccc3-c3c2ccc2ccccc32)cc1. The van der Waals surface area contributed by atoms with Gasteiger partial charge in [0.05, 0.1) is 5.41 Å². The molecule has 1 aliphatic carbocycles. The van der Waals surface area contributed by atoms with Gasteiger partial charge in [-0.3, -0.25) is 0 Å². The van der Waals surface area contributed by atoms with Crippen LogP contribution in [0.5, 0.6) is 11.5 Å². The Morgan fingerprint density at radius 2 is 1.11 bits per heavy atom. The van der Waals surface area contributed by atoms with Crippen molar-refractivity contribution >= 4 is 21.5 Å². The highest BCUT2D eigenvalue weighted by Crippen LogP contribution is 2.58. The summed E-state index contributed by atoms with van der Waals surface area (Å²) in [6.07, 6.45) is 0. The van der Waals surface area contributed by atoms with Crippen LogP contribution in [0.2, 0.25) is 0 Å². The van der Waals surface area contributed by atoms with E-state index < -0.39 is 5.41 Å². The summed E-state index contributed by atoms with van der Waals surface area (Å²) in [5.41, 5.74) is 12.0. The minimum atomic E-state index is -0.471. The van der Waals surface area contributed by atoms with Crippen molar-refractivity contribution in [3.8, 4) is 44.9 Å². The van der Waals surface area contributed by atoms with Crippen molar-refractivity contribution in [3.05, 3.63) is 192 Å². The van der Waals surface area contributed by atoms with E-state index in [-0.39, 0.29) is 0 Å². The number of para-hydroxylation sites is 1. The van der Waals surface area contributed by atoms with Crippen LogP contribution in [0.1, 0.15) is 22.3 Å². The maximum atomic E-state index is 6.56. The molecule has 0 aromatic heterocycles. The molecule has 8 aromatic rings. The topological polar surface area (TPSA) is 9.23 Å². The predicted molar refractivity (Wildman–Crippen MR) is 190 cm³/mol. The van der Waals surface area contributed by atoms with Crippen LogP contribution >= 0.6 is 0 Å². The minimum absolute atomic E-state index is 0.471. The van der Waals surface area contributed by atoms with E-state index in [1.54, 1.807) is 0 Å². The Hall–Kier alpha value is -5.92. The molecule has 0 spiro atoms. The van der Waals surface area contributed by atoms with E-state index in [0.717, 1.165) is 22.6 Å². The Labute approximate surface area is 268 Å². The lowest BCUT2D eigenvalue weighted by Gasteiger charge is -2.34. The number of fused-ring (bicyclic) bond motifs is 7. The zero-order valence-electron chi connectivity index (χ0n) is 25.1. The molecule has 0 saturated heterocycles. The lowest BCUT2D eigenvalue weighted by molar-refractivity contribution is 0.487. The third kappa shape index (κ3) is 3.40. The first-order valence-electron chi connectivity index (χ1n) is 15.9. The second-order valence-corrected chi connectivity index (χ2v) is 12.4. The second-order valence-electron chi connectivity index (χ2n) is 12.4. The van der Waals surface area contributed by atoms with Gasteiger partial charge in [0.15, 0.2) is 0 Å².